The van der Waals surface area contributed by atoms with Crippen LogP contribution in [0.5, 0.6) is 0 Å². The number of amides is 1. The number of benzene rings is 2. The number of carbonyl (C=O) groups is 1. The van der Waals surface area contributed by atoms with Gasteiger partial charge in [-0.05, 0) is 42.3 Å². The van der Waals surface area contributed by atoms with Crippen molar-refractivity contribution in [2.24, 2.45) is 0 Å². The van der Waals surface area contributed by atoms with E-state index in [2.05, 4.69) is 21.2 Å². The smallest absolute Gasteiger partial charge is 0.252 e. The molecule has 0 aliphatic rings. The molecule has 2 aromatic rings. The molecule has 3 N–H and O–H groups in total. The van der Waals surface area contributed by atoms with Crippen molar-refractivity contribution in [1.29, 1.82) is 0 Å². The van der Waals surface area contributed by atoms with Gasteiger partial charge in [0.2, 0.25) is 0 Å². The summed E-state index contributed by atoms with van der Waals surface area (Å²) in [6.07, 6.45) is 0.750. The summed E-state index contributed by atoms with van der Waals surface area (Å²) in [7, 11) is 0. The second-order valence-corrected chi connectivity index (χ2v) is 5.69. The molecule has 0 aromatic heterocycles. The molecule has 0 unspecified atom stereocenters. The van der Waals surface area contributed by atoms with Gasteiger partial charge in [0.25, 0.3) is 5.91 Å². The molecule has 104 valence electrons. The van der Waals surface area contributed by atoms with Crippen molar-refractivity contribution in [3.05, 3.63) is 63.1 Å². The number of hydrogen-bond acceptors (Lipinski definition) is 2. The highest BCUT2D eigenvalue weighted by Gasteiger charge is 2.09. The van der Waals surface area contributed by atoms with Crippen molar-refractivity contribution in [2.75, 3.05) is 12.3 Å². The zero-order chi connectivity index (χ0) is 14.5. The Labute approximate surface area is 131 Å². The van der Waals surface area contributed by atoms with Crippen LogP contribution in [0.25, 0.3) is 0 Å². The lowest BCUT2D eigenvalue weighted by molar-refractivity contribution is 0.0954. The fraction of sp³-hybridized carbons (Fsp3) is 0.133. The normalized spacial score (nSPS) is 10.3. The number of nitrogens with two attached hydrogens (primary N) is 1. The molecule has 0 bridgehead atoms. The highest BCUT2D eigenvalue weighted by atomic mass is 79.9. The molecule has 0 atom stereocenters. The van der Waals surface area contributed by atoms with Crippen LogP contribution in [0.15, 0.2) is 46.9 Å². The molecule has 2 aromatic carbocycles. The SMILES string of the molecule is Nc1ccc(CCNC(=O)c2ccc(Br)cc2Cl)cc1. The van der Waals surface area contributed by atoms with E-state index in [4.69, 9.17) is 17.3 Å². The van der Waals surface area contributed by atoms with Crippen LogP contribution in [0, 0.1) is 0 Å². The van der Waals surface area contributed by atoms with E-state index in [1.807, 2.05) is 24.3 Å². The highest BCUT2D eigenvalue weighted by Crippen LogP contribution is 2.21. The van der Waals surface area contributed by atoms with Gasteiger partial charge in [-0.2, -0.15) is 0 Å². The fourth-order valence-electron chi connectivity index (χ4n) is 1.77. The van der Waals surface area contributed by atoms with E-state index in [1.54, 1.807) is 18.2 Å². The second-order valence-electron chi connectivity index (χ2n) is 4.37. The van der Waals surface area contributed by atoms with Gasteiger partial charge >= 0.3 is 0 Å². The Kier molecular flexibility index (Phi) is 5.04. The Bertz CT molecular complexity index is 614. The molecule has 1 amide bonds. The Morgan fingerprint density at radius 1 is 1.20 bits per heavy atom. The van der Waals surface area contributed by atoms with Gasteiger partial charge in [0.15, 0.2) is 0 Å². The van der Waals surface area contributed by atoms with Crippen LogP contribution < -0.4 is 11.1 Å². The minimum Gasteiger partial charge on any atom is -0.399 e. The summed E-state index contributed by atoms with van der Waals surface area (Å²) < 4.78 is 0.848. The maximum atomic E-state index is 12.0. The maximum Gasteiger partial charge on any atom is 0.252 e. The molecule has 0 saturated carbocycles. The van der Waals surface area contributed by atoms with Crippen LogP contribution in [-0.4, -0.2) is 12.5 Å². The lowest BCUT2D eigenvalue weighted by atomic mass is 10.1. The first kappa shape index (κ1) is 14.9. The molecule has 2 rings (SSSR count). The predicted octanol–water partition coefficient (Wildman–Crippen LogP) is 3.66. The van der Waals surface area contributed by atoms with E-state index in [-0.39, 0.29) is 5.91 Å². The van der Waals surface area contributed by atoms with Crippen LogP contribution in [0.4, 0.5) is 5.69 Å². The molecule has 0 spiro atoms. The summed E-state index contributed by atoms with van der Waals surface area (Å²) in [5.74, 6) is -0.169. The Balaban J connectivity index is 1.90. The Hall–Kier alpha value is -1.52. The van der Waals surface area contributed by atoms with Crippen LogP contribution in [0.3, 0.4) is 0 Å². The first-order valence-electron chi connectivity index (χ1n) is 6.14. The molecule has 0 fully saturated rings. The van der Waals surface area contributed by atoms with Gasteiger partial charge in [-0.1, -0.05) is 39.7 Å². The van der Waals surface area contributed by atoms with Gasteiger partial charge in [0, 0.05) is 16.7 Å². The van der Waals surface area contributed by atoms with Gasteiger partial charge in [-0.15, -0.1) is 0 Å². The zero-order valence-corrected chi connectivity index (χ0v) is 13.0. The maximum absolute atomic E-state index is 12.0. The molecule has 0 heterocycles. The number of carbonyl (C=O) groups excluding carboxylic acids is 1. The van der Waals surface area contributed by atoms with Crippen molar-refractivity contribution >= 4 is 39.1 Å². The molecule has 0 aliphatic heterocycles. The summed E-state index contributed by atoms with van der Waals surface area (Å²) in [4.78, 5) is 12.0. The minimum absolute atomic E-state index is 0.169. The fourth-order valence-corrected chi connectivity index (χ4v) is 2.53. The van der Waals surface area contributed by atoms with Crippen LogP contribution in [-0.2, 0) is 6.42 Å². The number of halogens is 2. The third kappa shape index (κ3) is 3.99. The standard InChI is InChI=1S/C15H14BrClN2O/c16-11-3-6-13(14(17)9-11)15(20)19-8-7-10-1-4-12(18)5-2-10/h1-6,9H,7-8,18H2,(H,19,20). The molecule has 5 heteroatoms. The van der Waals surface area contributed by atoms with E-state index in [9.17, 15) is 4.79 Å². The van der Waals surface area contributed by atoms with Crippen molar-refractivity contribution in [2.45, 2.75) is 6.42 Å². The van der Waals surface area contributed by atoms with Gasteiger partial charge in [0.1, 0.15) is 0 Å². The van der Waals surface area contributed by atoms with Gasteiger partial charge < -0.3 is 11.1 Å². The number of nitrogen functional groups attached to an aromatic ring is 1. The molecular weight excluding hydrogens is 340 g/mol. The third-order valence-corrected chi connectivity index (χ3v) is 3.66. The number of hydrogen-bond donors (Lipinski definition) is 2. The van der Waals surface area contributed by atoms with Crippen molar-refractivity contribution < 1.29 is 4.79 Å². The largest absolute Gasteiger partial charge is 0.399 e. The van der Waals surface area contributed by atoms with Crippen molar-refractivity contribution in [3.63, 3.8) is 0 Å². The number of anilines is 1. The second kappa shape index (κ2) is 6.77. The average molecular weight is 354 g/mol. The summed E-state index contributed by atoms with van der Waals surface area (Å²) in [6, 6.07) is 12.8. The molecule has 0 radical (unpaired) electrons. The lowest BCUT2D eigenvalue weighted by Crippen LogP contribution is -2.25. The molecule has 0 aliphatic carbocycles. The van der Waals surface area contributed by atoms with Gasteiger partial charge in [-0.3, -0.25) is 4.79 Å². The zero-order valence-electron chi connectivity index (χ0n) is 10.7. The molecule has 3 nitrogen and oxygen atoms in total. The summed E-state index contributed by atoms with van der Waals surface area (Å²) in [5, 5.41) is 3.29. The first-order valence-corrected chi connectivity index (χ1v) is 7.31. The Morgan fingerprint density at radius 2 is 1.90 bits per heavy atom. The topological polar surface area (TPSA) is 55.1 Å². The van der Waals surface area contributed by atoms with Crippen LogP contribution >= 0.6 is 27.5 Å². The molecule has 20 heavy (non-hydrogen) atoms. The monoisotopic (exact) mass is 352 g/mol. The van der Waals surface area contributed by atoms with Gasteiger partial charge in [0.05, 0.1) is 10.6 Å². The number of rotatable bonds is 4. The van der Waals surface area contributed by atoms with E-state index in [0.29, 0.717) is 17.1 Å². The summed E-state index contributed by atoms with van der Waals surface area (Å²) in [6.45, 7) is 0.551. The summed E-state index contributed by atoms with van der Waals surface area (Å²) >= 11 is 9.34. The van der Waals surface area contributed by atoms with Crippen LogP contribution in [0.2, 0.25) is 5.02 Å². The molecular formula is C15H14BrClN2O. The van der Waals surface area contributed by atoms with Crippen molar-refractivity contribution in [1.82, 2.24) is 5.32 Å². The van der Waals surface area contributed by atoms with E-state index in [0.717, 1.165) is 22.1 Å². The summed E-state index contributed by atoms with van der Waals surface area (Å²) in [5.41, 5.74) is 7.96. The minimum atomic E-state index is -0.169. The third-order valence-electron chi connectivity index (χ3n) is 2.85. The average Bonchev–Trinajstić information content (AvgIpc) is 2.41. The van der Waals surface area contributed by atoms with Crippen molar-refractivity contribution in [3.8, 4) is 0 Å². The highest BCUT2D eigenvalue weighted by molar-refractivity contribution is 9.10. The predicted molar refractivity (Wildman–Crippen MR) is 86.0 cm³/mol. The van der Waals surface area contributed by atoms with Gasteiger partial charge in [-0.25, -0.2) is 0 Å². The quantitative estimate of drug-likeness (QED) is 0.824. The van der Waals surface area contributed by atoms with E-state index >= 15 is 0 Å². The van der Waals surface area contributed by atoms with E-state index < -0.39 is 0 Å². The molecule has 0 saturated heterocycles. The lowest BCUT2D eigenvalue weighted by Gasteiger charge is -2.07. The van der Waals surface area contributed by atoms with Crippen LogP contribution in [0.1, 0.15) is 15.9 Å². The Morgan fingerprint density at radius 3 is 2.55 bits per heavy atom. The van der Waals surface area contributed by atoms with E-state index in [1.165, 1.54) is 0 Å². The number of nitrogens with one attached hydrogen (secondary N) is 1. The first-order chi connectivity index (χ1) is 9.56.